The van der Waals surface area contributed by atoms with Crippen LogP contribution < -0.4 is 16.0 Å². The van der Waals surface area contributed by atoms with Gasteiger partial charge in [-0.2, -0.15) is 0 Å². The zero-order valence-electron chi connectivity index (χ0n) is 39.0. The molecule has 13 nitrogen and oxygen atoms in total. The van der Waals surface area contributed by atoms with E-state index in [0.29, 0.717) is 29.3 Å². The molecule has 64 heavy (non-hydrogen) atoms. The lowest BCUT2D eigenvalue weighted by Crippen LogP contribution is -2.48. The number of rotatable bonds is 26. The van der Waals surface area contributed by atoms with Gasteiger partial charge in [-0.1, -0.05) is 82.3 Å². The van der Waals surface area contributed by atoms with E-state index in [2.05, 4.69) is 33.3 Å². The molecule has 0 saturated heterocycles. The number of carbonyl (C=O) groups is 7. The summed E-state index contributed by atoms with van der Waals surface area (Å²) < 4.78 is 7.06. The lowest BCUT2D eigenvalue weighted by Gasteiger charge is -2.25. The van der Waals surface area contributed by atoms with Gasteiger partial charge in [-0.25, -0.2) is 4.79 Å². The van der Waals surface area contributed by atoms with E-state index < -0.39 is 71.0 Å². The Morgan fingerprint density at radius 1 is 0.812 bits per heavy atom. The van der Waals surface area contributed by atoms with Crippen LogP contribution >= 0.6 is 0 Å². The quantitative estimate of drug-likeness (QED) is 0.0447. The molecule has 3 rings (SSSR count). The molecule has 5 atom stereocenters. The number of likely N-dealkylation sites (N-methyl/N-ethyl adjacent to an activating group) is 1. The highest BCUT2D eigenvalue weighted by Crippen LogP contribution is 2.26. The predicted molar refractivity (Wildman–Crippen MR) is 250 cm³/mol. The van der Waals surface area contributed by atoms with Crippen LogP contribution in [0.2, 0.25) is 0 Å². The smallest absolute Gasteiger partial charge is 0.419 e. The van der Waals surface area contributed by atoms with Gasteiger partial charge in [0.2, 0.25) is 17.7 Å². The normalized spacial score (nSPS) is 13.8. The minimum atomic E-state index is -1.21. The number of amides is 3. The minimum Gasteiger partial charge on any atom is -0.443 e. The topological polar surface area (TPSA) is 173 Å². The van der Waals surface area contributed by atoms with E-state index in [-0.39, 0.29) is 50.2 Å². The molecular formula is C51H69N5O8. The van der Waals surface area contributed by atoms with Gasteiger partial charge in [-0.15, -0.1) is 18.9 Å². The number of ether oxygens (including phenoxy) is 1. The molecule has 0 fully saturated rings. The zero-order chi connectivity index (χ0) is 47.6. The van der Waals surface area contributed by atoms with Crippen LogP contribution in [0, 0.1) is 30.1 Å². The summed E-state index contributed by atoms with van der Waals surface area (Å²) in [5.74, 6) is -2.26. The number of ketones is 3. The molecule has 0 aliphatic heterocycles. The van der Waals surface area contributed by atoms with Crippen LogP contribution in [0.4, 0.5) is 4.79 Å². The molecule has 3 amide bonds. The third kappa shape index (κ3) is 16.7. The molecular weight excluding hydrogens is 811 g/mol. The molecule has 0 radical (unpaired) electrons. The minimum absolute atomic E-state index is 0.0584. The van der Waals surface area contributed by atoms with E-state index in [1.54, 1.807) is 78.9 Å². The van der Waals surface area contributed by atoms with Crippen LogP contribution in [0.3, 0.4) is 0 Å². The van der Waals surface area contributed by atoms with Crippen LogP contribution in [0.5, 0.6) is 0 Å². The van der Waals surface area contributed by atoms with Gasteiger partial charge in [0.05, 0.1) is 23.6 Å². The van der Waals surface area contributed by atoms with Crippen molar-refractivity contribution in [2.75, 3.05) is 20.1 Å². The number of fused-ring (bicyclic) bond motifs is 1. The molecule has 3 aromatic rings. The maximum Gasteiger partial charge on any atom is 0.419 e. The fraction of sp³-hybridized carbons (Fsp3) is 0.510. The Bertz CT molecular complexity index is 2130. The van der Waals surface area contributed by atoms with Crippen LogP contribution in [0.1, 0.15) is 105 Å². The fourth-order valence-corrected chi connectivity index (χ4v) is 7.33. The van der Waals surface area contributed by atoms with E-state index >= 15 is 0 Å². The number of nitrogens with one attached hydrogen (secondary N) is 3. The van der Waals surface area contributed by atoms with Crippen molar-refractivity contribution in [3.05, 3.63) is 84.6 Å². The van der Waals surface area contributed by atoms with Crippen molar-refractivity contribution in [2.24, 2.45) is 17.8 Å². The Labute approximate surface area is 379 Å². The van der Waals surface area contributed by atoms with Crippen molar-refractivity contribution in [1.29, 1.82) is 0 Å². The molecule has 0 aliphatic rings. The van der Waals surface area contributed by atoms with Crippen LogP contribution in [0.25, 0.3) is 10.9 Å². The number of unbranched alkanes of at least 4 members (excludes halogenated alkanes) is 1. The molecule has 0 aliphatic carbocycles. The van der Waals surface area contributed by atoms with Gasteiger partial charge in [0, 0.05) is 68.0 Å². The molecule has 3 N–H and O–H groups in total. The number of Topliss-reactive ketones (excluding diaryl/α,β-unsaturated/α-hetero) is 3. The monoisotopic (exact) mass is 880 g/mol. The molecule has 0 spiro atoms. The lowest BCUT2D eigenvalue weighted by molar-refractivity contribution is -0.135. The highest BCUT2D eigenvalue weighted by Gasteiger charge is 2.33. The van der Waals surface area contributed by atoms with Gasteiger partial charge in [-0.05, 0) is 77.2 Å². The number of hydrogen-bond donors (Lipinski definition) is 3. The second kappa shape index (κ2) is 25.4. The third-order valence-corrected chi connectivity index (χ3v) is 10.9. The Morgan fingerprint density at radius 3 is 2.06 bits per heavy atom. The van der Waals surface area contributed by atoms with Gasteiger partial charge in [-0.3, -0.25) is 33.3 Å². The predicted octanol–water partition coefficient (Wildman–Crippen LogP) is 6.78. The Morgan fingerprint density at radius 2 is 1.44 bits per heavy atom. The first kappa shape index (κ1) is 52.5. The zero-order valence-corrected chi connectivity index (χ0v) is 39.0. The summed E-state index contributed by atoms with van der Waals surface area (Å²) in [7, 11) is 1.99. The SMILES string of the molecule is C#CC[C@@H](NC(=O)C(C)C)C(=O)C[C@@H](C)C(=O)N[C@@H](Cc1cn(C(=O)OC(C)(C)C)c2ccccc12)C(=O)C[C@H](Cc1ccccc1)C(=O)N[C@@H](CCCCN(C)CC=C)C(=O)CC. The Kier molecular flexibility index (Phi) is 20.9. The second-order valence-electron chi connectivity index (χ2n) is 18.0. The first-order valence-electron chi connectivity index (χ1n) is 22.4. The molecule has 13 heteroatoms. The van der Waals surface area contributed by atoms with Crippen molar-refractivity contribution in [3.8, 4) is 12.3 Å². The Balaban J connectivity index is 2.01. The van der Waals surface area contributed by atoms with Crippen molar-refractivity contribution in [1.82, 2.24) is 25.4 Å². The van der Waals surface area contributed by atoms with Gasteiger partial charge in [0.15, 0.2) is 17.3 Å². The fourth-order valence-electron chi connectivity index (χ4n) is 7.33. The highest BCUT2D eigenvalue weighted by atomic mass is 16.6. The maximum atomic E-state index is 14.8. The average Bonchev–Trinajstić information content (AvgIpc) is 3.61. The lowest BCUT2D eigenvalue weighted by atomic mass is 9.88. The number of benzene rings is 2. The summed E-state index contributed by atoms with van der Waals surface area (Å²) >= 11 is 0. The highest BCUT2D eigenvalue weighted by molar-refractivity contribution is 5.98. The first-order valence-corrected chi connectivity index (χ1v) is 22.4. The van der Waals surface area contributed by atoms with Crippen molar-refractivity contribution in [2.45, 2.75) is 130 Å². The summed E-state index contributed by atoms with van der Waals surface area (Å²) in [5, 5.41) is 9.19. The molecule has 0 saturated carbocycles. The number of aromatic nitrogens is 1. The van der Waals surface area contributed by atoms with E-state index in [9.17, 15) is 33.6 Å². The number of carbonyl (C=O) groups excluding carboxylic acids is 7. The molecule has 346 valence electrons. The number of para-hydroxylation sites is 1. The average molecular weight is 880 g/mol. The Hall–Kier alpha value is -5.87. The van der Waals surface area contributed by atoms with E-state index in [4.69, 9.17) is 11.2 Å². The summed E-state index contributed by atoms with van der Waals surface area (Å²) in [6.45, 7) is 17.3. The van der Waals surface area contributed by atoms with Crippen LogP contribution in [-0.4, -0.2) is 94.5 Å². The van der Waals surface area contributed by atoms with E-state index in [1.807, 2.05) is 43.5 Å². The summed E-state index contributed by atoms with van der Waals surface area (Å²) in [5.41, 5.74) is 1.10. The van der Waals surface area contributed by atoms with Gasteiger partial charge >= 0.3 is 6.09 Å². The van der Waals surface area contributed by atoms with Crippen LogP contribution in [-0.2, 0) is 46.3 Å². The van der Waals surface area contributed by atoms with Crippen molar-refractivity contribution < 1.29 is 38.3 Å². The van der Waals surface area contributed by atoms with Gasteiger partial charge < -0.3 is 25.6 Å². The molecule has 1 aromatic heterocycles. The number of nitrogens with zero attached hydrogens (tertiary/aromatic N) is 2. The summed E-state index contributed by atoms with van der Waals surface area (Å²) in [6.07, 6.45) is 9.97. The van der Waals surface area contributed by atoms with Gasteiger partial charge in [0.25, 0.3) is 0 Å². The maximum absolute atomic E-state index is 14.8. The van der Waals surface area contributed by atoms with Crippen molar-refractivity contribution >= 4 is 52.1 Å². The molecule has 2 aromatic carbocycles. The first-order chi connectivity index (χ1) is 30.3. The number of terminal acetylenes is 1. The summed E-state index contributed by atoms with van der Waals surface area (Å²) in [4.78, 5) is 97.8. The number of hydrogen-bond acceptors (Lipinski definition) is 9. The summed E-state index contributed by atoms with van der Waals surface area (Å²) in [6, 6.07) is 13.4. The molecule has 0 unspecified atom stereocenters. The second-order valence-corrected chi connectivity index (χ2v) is 18.0. The largest absolute Gasteiger partial charge is 0.443 e. The standard InChI is InChI=1S/C51H69N5O8/c1-11-21-40(52-47(60)34(4)5)45(58)29-35(6)48(61)54-42(31-38-33-56(50(63)64-51(7,8)9)43-26-18-17-24-39(38)43)46(59)32-37(30-36-22-15-14-16-23-36)49(62)53-41(44(57)13-3)25-19-20-28-55(10)27-12-2/h1,12,14-18,22-24,26,33-35,37,40-42H,2,13,19-21,25,27-32H2,3-10H3,(H,52,60)(H,53,62)(H,54,61)/t35-,37+,40-,41+,42+/m1/s1. The van der Waals surface area contributed by atoms with Gasteiger partial charge in [0.1, 0.15) is 5.60 Å². The molecule has 1 heterocycles. The van der Waals surface area contributed by atoms with E-state index in [1.165, 1.54) is 4.57 Å². The van der Waals surface area contributed by atoms with Crippen molar-refractivity contribution in [3.63, 3.8) is 0 Å². The van der Waals surface area contributed by atoms with Crippen LogP contribution in [0.15, 0.2) is 73.4 Å². The van der Waals surface area contributed by atoms with E-state index in [0.717, 1.165) is 25.1 Å². The molecule has 0 bridgehead atoms. The third-order valence-electron chi connectivity index (χ3n) is 10.9.